The highest BCUT2D eigenvalue weighted by Gasteiger charge is 2.22. The summed E-state index contributed by atoms with van der Waals surface area (Å²) in [6, 6.07) is 15.5. The highest BCUT2D eigenvalue weighted by Crippen LogP contribution is 2.26. The number of hydrogen-bond acceptors (Lipinski definition) is 4. The first-order chi connectivity index (χ1) is 12.2. The van der Waals surface area contributed by atoms with Gasteiger partial charge in [0.05, 0.1) is 12.5 Å². The van der Waals surface area contributed by atoms with Gasteiger partial charge < -0.3 is 19.9 Å². The van der Waals surface area contributed by atoms with Crippen molar-refractivity contribution >= 4 is 12.1 Å². The molecule has 0 heterocycles. The largest absolute Gasteiger partial charge is 0.481 e. The Morgan fingerprint density at radius 3 is 2.31 bits per heavy atom. The van der Waals surface area contributed by atoms with Crippen molar-refractivity contribution in [3.8, 4) is 11.5 Å². The predicted molar refractivity (Wildman–Crippen MR) is 97.3 cm³/mol. The van der Waals surface area contributed by atoms with Gasteiger partial charge in [-0.1, -0.05) is 30.3 Å². The van der Waals surface area contributed by atoms with E-state index in [1.165, 1.54) is 0 Å². The van der Waals surface area contributed by atoms with Gasteiger partial charge in [0.2, 0.25) is 0 Å². The standard InChI is InChI=1S/C20H23NO5/c1-20(2,3)26-19(24)21-17(13-18(22)23)14-8-7-11-16(12-14)25-15-9-5-4-6-10-15/h4-12,17H,13H2,1-3H3,(H,21,24)(H,22,23)/t17-/m0/s1. The van der Waals surface area contributed by atoms with Gasteiger partial charge in [-0.15, -0.1) is 0 Å². The van der Waals surface area contributed by atoms with Crippen molar-refractivity contribution in [2.24, 2.45) is 0 Å². The molecule has 2 rings (SSSR count). The smallest absolute Gasteiger partial charge is 0.408 e. The summed E-state index contributed by atoms with van der Waals surface area (Å²) in [5.41, 5.74) is -0.0532. The van der Waals surface area contributed by atoms with E-state index in [2.05, 4.69) is 5.32 Å². The van der Waals surface area contributed by atoms with Gasteiger partial charge in [0.1, 0.15) is 17.1 Å². The maximum Gasteiger partial charge on any atom is 0.408 e. The Kier molecular flexibility index (Phi) is 6.22. The molecule has 0 fully saturated rings. The van der Waals surface area contributed by atoms with Crippen LogP contribution in [0.1, 0.15) is 38.8 Å². The first-order valence-corrected chi connectivity index (χ1v) is 8.27. The van der Waals surface area contributed by atoms with Crippen LogP contribution in [-0.4, -0.2) is 22.8 Å². The Morgan fingerprint density at radius 1 is 1.04 bits per heavy atom. The van der Waals surface area contributed by atoms with Crippen LogP contribution in [0.15, 0.2) is 54.6 Å². The van der Waals surface area contributed by atoms with Crippen LogP contribution >= 0.6 is 0 Å². The zero-order valence-electron chi connectivity index (χ0n) is 15.1. The van der Waals surface area contributed by atoms with Crippen LogP contribution in [0.3, 0.4) is 0 Å². The zero-order chi connectivity index (χ0) is 19.2. The highest BCUT2D eigenvalue weighted by atomic mass is 16.6. The molecule has 2 aromatic carbocycles. The fraction of sp³-hybridized carbons (Fsp3) is 0.300. The Balaban J connectivity index is 2.18. The van der Waals surface area contributed by atoms with Crippen molar-refractivity contribution in [2.45, 2.75) is 38.8 Å². The fourth-order valence-electron chi connectivity index (χ4n) is 2.30. The molecule has 0 saturated carbocycles. The third kappa shape index (κ3) is 6.47. The highest BCUT2D eigenvalue weighted by molar-refractivity contribution is 5.72. The van der Waals surface area contributed by atoms with E-state index in [1.54, 1.807) is 45.0 Å². The SMILES string of the molecule is CC(C)(C)OC(=O)N[C@@H](CC(=O)O)c1cccc(Oc2ccccc2)c1. The number of hydrogen-bond donors (Lipinski definition) is 2. The van der Waals surface area contributed by atoms with Crippen LogP contribution in [-0.2, 0) is 9.53 Å². The van der Waals surface area contributed by atoms with Gasteiger partial charge >= 0.3 is 12.1 Å². The van der Waals surface area contributed by atoms with E-state index in [-0.39, 0.29) is 6.42 Å². The molecule has 0 aliphatic heterocycles. The topological polar surface area (TPSA) is 84.9 Å². The van der Waals surface area contributed by atoms with Gasteiger partial charge in [-0.25, -0.2) is 4.79 Å². The number of benzene rings is 2. The van der Waals surface area contributed by atoms with Crippen molar-refractivity contribution in [1.29, 1.82) is 0 Å². The molecule has 0 radical (unpaired) electrons. The van der Waals surface area contributed by atoms with E-state index in [9.17, 15) is 14.7 Å². The number of nitrogens with one attached hydrogen (secondary N) is 1. The van der Waals surface area contributed by atoms with Crippen molar-refractivity contribution in [2.75, 3.05) is 0 Å². The van der Waals surface area contributed by atoms with Gasteiger partial charge in [-0.3, -0.25) is 4.79 Å². The Bertz CT molecular complexity index is 752. The fourth-order valence-corrected chi connectivity index (χ4v) is 2.30. The molecule has 0 bridgehead atoms. The average Bonchev–Trinajstić information content (AvgIpc) is 2.53. The third-order valence-electron chi connectivity index (χ3n) is 3.31. The van der Waals surface area contributed by atoms with E-state index in [1.807, 2.05) is 30.3 Å². The number of amides is 1. The second-order valence-corrected chi connectivity index (χ2v) is 6.78. The van der Waals surface area contributed by atoms with E-state index in [4.69, 9.17) is 9.47 Å². The molecule has 0 aliphatic carbocycles. The number of para-hydroxylation sites is 1. The van der Waals surface area contributed by atoms with Crippen molar-refractivity contribution in [3.05, 3.63) is 60.2 Å². The number of carbonyl (C=O) groups is 2. The lowest BCUT2D eigenvalue weighted by molar-refractivity contribution is -0.137. The number of carboxylic acids is 1. The van der Waals surface area contributed by atoms with Crippen molar-refractivity contribution in [3.63, 3.8) is 0 Å². The van der Waals surface area contributed by atoms with Gasteiger partial charge in [-0.05, 0) is 50.6 Å². The second kappa shape index (κ2) is 8.38. The summed E-state index contributed by atoms with van der Waals surface area (Å²) in [4.78, 5) is 23.2. The lowest BCUT2D eigenvalue weighted by atomic mass is 10.0. The quantitative estimate of drug-likeness (QED) is 0.794. The van der Waals surface area contributed by atoms with Crippen LogP contribution in [0.4, 0.5) is 4.79 Å². The van der Waals surface area contributed by atoms with Crippen LogP contribution in [0.2, 0.25) is 0 Å². The zero-order valence-corrected chi connectivity index (χ0v) is 15.1. The maximum absolute atomic E-state index is 12.0. The van der Waals surface area contributed by atoms with E-state index < -0.39 is 23.7 Å². The molecule has 0 aromatic heterocycles. The second-order valence-electron chi connectivity index (χ2n) is 6.78. The van der Waals surface area contributed by atoms with Crippen LogP contribution < -0.4 is 10.1 Å². The monoisotopic (exact) mass is 357 g/mol. The van der Waals surface area contributed by atoms with Gasteiger partial charge in [0, 0.05) is 0 Å². The van der Waals surface area contributed by atoms with Gasteiger partial charge in [0.25, 0.3) is 0 Å². The maximum atomic E-state index is 12.0. The number of aliphatic carboxylic acids is 1. The minimum atomic E-state index is -1.03. The molecule has 2 aromatic rings. The Hall–Kier alpha value is -3.02. The van der Waals surface area contributed by atoms with Crippen molar-refractivity contribution < 1.29 is 24.2 Å². The minimum Gasteiger partial charge on any atom is -0.481 e. The van der Waals surface area contributed by atoms with Crippen LogP contribution in [0, 0.1) is 0 Å². The predicted octanol–water partition coefficient (Wildman–Crippen LogP) is 4.52. The Labute approximate surface area is 152 Å². The molecular formula is C20H23NO5. The van der Waals surface area contributed by atoms with Crippen molar-refractivity contribution in [1.82, 2.24) is 5.32 Å². The lowest BCUT2D eigenvalue weighted by Gasteiger charge is -2.23. The van der Waals surface area contributed by atoms with E-state index in [0.29, 0.717) is 17.1 Å². The molecular weight excluding hydrogens is 334 g/mol. The molecule has 2 N–H and O–H groups in total. The van der Waals surface area contributed by atoms with E-state index in [0.717, 1.165) is 0 Å². The molecule has 0 aliphatic rings. The molecule has 1 amide bonds. The minimum absolute atomic E-state index is 0.270. The summed E-state index contributed by atoms with van der Waals surface area (Å²) in [5, 5.41) is 11.8. The van der Waals surface area contributed by atoms with Crippen LogP contribution in [0.25, 0.3) is 0 Å². The molecule has 6 nitrogen and oxygen atoms in total. The summed E-state index contributed by atoms with van der Waals surface area (Å²) in [5.74, 6) is 0.190. The molecule has 6 heteroatoms. The summed E-state index contributed by atoms with van der Waals surface area (Å²) in [6.07, 6.45) is -0.938. The van der Waals surface area contributed by atoms with Gasteiger partial charge in [0.15, 0.2) is 0 Å². The molecule has 1 atom stereocenters. The first-order valence-electron chi connectivity index (χ1n) is 8.27. The summed E-state index contributed by atoms with van der Waals surface area (Å²) in [7, 11) is 0. The summed E-state index contributed by atoms with van der Waals surface area (Å²) >= 11 is 0. The molecule has 0 unspecified atom stereocenters. The molecule has 0 spiro atoms. The van der Waals surface area contributed by atoms with Gasteiger partial charge in [-0.2, -0.15) is 0 Å². The first kappa shape index (κ1) is 19.3. The number of ether oxygens (including phenoxy) is 2. The average molecular weight is 357 g/mol. The summed E-state index contributed by atoms with van der Waals surface area (Å²) < 4.78 is 11.0. The Morgan fingerprint density at radius 2 is 1.69 bits per heavy atom. The molecule has 26 heavy (non-hydrogen) atoms. The molecule has 0 saturated heterocycles. The van der Waals surface area contributed by atoms with Crippen LogP contribution in [0.5, 0.6) is 11.5 Å². The normalized spacial score (nSPS) is 12.1. The third-order valence-corrected chi connectivity index (χ3v) is 3.31. The number of rotatable bonds is 6. The number of carbonyl (C=O) groups excluding carboxylic acids is 1. The number of carboxylic acid groups (broad SMARTS) is 1. The number of alkyl carbamates (subject to hydrolysis) is 1. The molecule has 138 valence electrons. The van der Waals surface area contributed by atoms with E-state index >= 15 is 0 Å². The summed E-state index contributed by atoms with van der Waals surface area (Å²) in [6.45, 7) is 5.23. The lowest BCUT2D eigenvalue weighted by Crippen LogP contribution is -2.35.